The summed E-state index contributed by atoms with van der Waals surface area (Å²) in [6.45, 7) is 0.135. The Hall–Kier alpha value is -3.97. The predicted molar refractivity (Wildman–Crippen MR) is 120 cm³/mol. The molecule has 2 amide bonds. The number of anilines is 2. The number of carbonyl (C=O) groups is 2. The Morgan fingerprint density at radius 1 is 0.938 bits per heavy atom. The molecule has 0 saturated carbocycles. The summed E-state index contributed by atoms with van der Waals surface area (Å²) in [5, 5.41) is 3.40. The molecule has 7 nitrogen and oxygen atoms in total. The summed E-state index contributed by atoms with van der Waals surface area (Å²) in [5.74, 6) is 0.829. The lowest BCUT2D eigenvalue weighted by Crippen LogP contribution is -2.32. The lowest BCUT2D eigenvalue weighted by atomic mass is 10.0. The maximum atomic E-state index is 13.5. The molecule has 3 aromatic carbocycles. The Morgan fingerprint density at radius 2 is 1.69 bits per heavy atom. The fraction of sp³-hybridized carbons (Fsp3) is 0.0833. The number of imide groups is 1. The predicted octanol–water partition coefficient (Wildman–Crippen LogP) is 4.47. The average molecular weight is 449 g/mol. The molecule has 0 bridgehead atoms. The van der Waals surface area contributed by atoms with Gasteiger partial charge < -0.3 is 19.5 Å². The van der Waals surface area contributed by atoms with Gasteiger partial charge in [-0.1, -0.05) is 35.9 Å². The SMILES string of the molecule is COc1ccc(C2=C(Nc3ccc4c(c3)OCO4)C(=O)N(c3ccccc3Cl)C2=O)cc1. The first-order chi connectivity index (χ1) is 15.6. The second kappa shape index (κ2) is 7.94. The minimum Gasteiger partial charge on any atom is -0.497 e. The van der Waals surface area contributed by atoms with Crippen LogP contribution in [0.3, 0.4) is 0 Å². The molecular weight excluding hydrogens is 432 g/mol. The minimum atomic E-state index is -0.508. The highest BCUT2D eigenvalue weighted by Crippen LogP contribution is 2.39. The zero-order chi connectivity index (χ0) is 22.2. The summed E-state index contributed by atoms with van der Waals surface area (Å²) in [7, 11) is 1.56. The van der Waals surface area contributed by atoms with Crippen molar-refractivity contribution in [2.24, 2.45) is 0 Å². The number of hydrogen-bond donors (Lipinski definition) is 1. The molecule has 0 unspecified atom stereocenters. The van der Waals surface area contributed by atoms with Crippen molar-refractivity contribution in [2.75, 3.05) is 24.1 Å². The minimum absolute atomic E-state index is 0.135. The molecule has 5 rings (SSSR count). The highest BCUT2D eigenvalue weighted by Gasteiger charge is 2.41. The Labute approximate surface area is 188 Å². The van der Waals surface area contributed by atoms with E-state index in [2.05, 4.69) is 5.32 Å². The molecule has 2 aliphatic heterocycles. The number of benzene rings is 3. The van der Waals surface area contributed by atoms with Crippen LogP contribution in [0.4, 0.5) is 11.4 Å². The van der Waals surface area contributed by atoms with Crippen LogP contribution in [-0.2, 0) is 9.59 Å². The van der Waals surface area contributed by atoms with Crippen molar-refractivity contribution in [1.82, 2.24) is 0 Å². The molecule has 1 N–H and O–H groups in total. The van der Waals surface area contributed by atoms with Gasteiger partial charge in [-0.3, -0.25) is 9.59 Å². The van der Waals surface area contributed by atoms with Gasteiger partial charge in [-0.15, -0.1) is 0 Å². The number of hydrogen-bond acceptors (Lipinski definition) is 6. The summed E-state index contributed by atoms with van der Waals surface area (Å²) in [6.07, 6.45) is 0. The Morgan fingerprint density at radius 3 is 2.44 bits per heavy atom. The smallest absolute Gasteiger partial charge is 0.282 e. The molecule has 0 radical (unpaired) electrons. The van der Waals surface area contributed by atoms with Gasteiger partial charge in [0.05, 0.1) is 23.4 Å². The number of rotatable bonds is 5. The molecule has 8 heteroatoms. The molecule has 32 heavy (non-hydrogen) atoms. The number of amides is 2. The lowest BCUT2D eigenvalue weighted by molar-refractivity contribution is -0.120. The quantitative estimate of drug-likeness (QED) is 0.580. The van der Waals surface area contributed by atoms with Gasteiger partial charge in [0.15, 0.2) is 11.5 Å². The third-order valence-corrected chi connectivity index (χ3v) is 5.52. The zero-order valence-electron chi connectivity index (χ0n) is 16.9. The molecule has 0 atom stereocenters. The first-order valence-electron chi connectivity index (χ1n) is 9.75. The van der Waals surface area contributed by atoms with Gasteiger partial charge in [-0.05, 0) is 42.0 Å². The van der Waals surface area contributed by atoms with Crippen molar-refractivity contribution in [3.63, 3.8) is 0 Å². The highest BCUT2D eigenvalue weighted by atomic mass is 35.5. The molecule has 3 aromatic rings. The molecule has 0 fully saturated rings. The number of halogens is 1. The topological polar surface area (TPSA) is 77.1 Å². The number of fused-ring (bicyclic) bond motifs is 1. The fourth-order valence-corrected chi connectivity index (χ4v) is 3.86. The van der Waals surface area contributed by atoms with Crippen LogP contribution in [0.2, 0.25) is 5.02 Å². The molecule has 0 aromatic heterocycles. The summed E-state index contributed by atoms with van der Waals surface area (Å²) >= 11 is 6.31. The van der Waals surface area contributed by atoms with Crippen LogP contribution in [0.25, 0.3) is 5.57 Å². The van der Waals surface area contributed by atoms with Crippen molar-refractivity contribution in [1.29, 1.82) is 0 Å². The van der Waals surface area contributed by atoms with E-state index in [0.29, 0.717) is 39.2 Å². The van der Waals surface area contributed by atoms with Gasteiger partial charge in [-0.25, -0.2) is 4.90 Å². The van der Waals surface area contributed by atoms with E-state index in [0.717, 1.165) is 4.90 Å². The van der Waals surface area contributed by atoms with E-state index in [9.17, 15) is 9.59 Å². The molecule has 2 aliphatic rings. The van der Waals surface area contributed by atoms with Gasteiger partial charge in [0.2, 0.25) is 6.79 Å². The van der Waals surface area contributed by atoms with E-state index in [1.807, 2.05) is 0 Å². The van der Waals surface area contributed by atoms with Crippen molar-refractivity contribution < 1.29 is 23.8 Å². The molecule has 160 valence electrons. The molecule has 0 aliphatic carbocycles. The lowest BCUT2D eigenvalue weighted by Gasteiger charge is -2.16. The van der Waals surface area contributed by atoms with E-state index in [1.54, 1.807) is 73.8 Å². The van der Waals surface area contributed by atoms with Crippen LogP contribution in [0.1, 0.15) is 5.56 Å². The Balaban J connectivity index is 1.60. The molecule has 0 spiro atoms. The van der Waals surface area contributed by atoms with E-state index >= 15 is 0 Å². The van der Waals surface area contributed by atoms with Gasteiger partial charge in [0.25, 0.3) is 11.8 Å². The van der Waals surface area contributed by atoms with Gasteiger partial charge in [0, 0.05) is 11.8 Å². The zero-order valence-corrected chi connectivity index (χ0v) is 17.7. The maximum absolute atomic E-state index is 13.5. The van der Waals surface area contributed by atoms with Gasteiger partial charge in [-0.2, -0.15) is 0 Å². The molecular formula is C24H17ClN2O5. The van der Waals surface area contributed by atoms with Crippen LogP contribution < -0.4 is 24.4 Å². The molecule has 0 saturated heterocycles. The van der Waals surface area contributed by atoms with E-state index in [-0.39, 0.29) is 18.1 Å². The third kappa shape index (κ3) is 3.33. The molecule has 2 heterocycles. The van der Waals surface area contributed by atoms with Crippen LogP contribution in [-0.4, -0.2) is 25.7 Å². The second-order valence-electron chi connectivity index (χ2n) is 7.07. The average Bonchev–Trinajstić information content (AvgIpc) is 3.37. The number of nitrogens with zero attached hydrogens (tertiary/aromatic N) is 1. The van der Waals surface area contributed by atoms with Gasteiger partial charge in [0.1, 0.15) is 11.4 Å². The van der Waals surface area contributed by atoms with E-state index in [4.69, 9.17) is 25.8 Å². The maximum Gasteiger partial charge on any atom is 0.282 e. The van der Waals surface area contributed by atoms with Crippen molar-refractivity contribution in [2.45, 2.75) is 0 Å². The summed E-state index contributed by atoms with van der Waals surface area (Å²) in [4.78, 5) is 28.0. The monoisotopic (exact) mass is 448 g/mol. The second-order valence-corrected chi connectivity index (χ2v) is 7.48. The van der Waals surface area contributed by atoms with Crippen molar-refractivity contribution in [3.8, 4) is 17.2 Å². The summed E-state index contributed by atoms with van der Waals surface area (Å²) in [6, 6.07) is 18.9. The largest absolute Gasteiger partial charge is 0.497 e. The van der Waals surface area contributed by atoms with Crippen LogP contribution >= 0.6 is 11.6 Å². The van der Waals surface area contributed by atoms with Crippen LogP contribution in [0.15, 0.2) is 72.4 Å². The Kier molecular flexibility index (Phi) is 4.95. The summed E-state index contributed by atoms with van der Waals surface area (Å²) in [5.41, 5.74) is 1.84. The van der Waals surface area contributed by atoms with E-state index < -0.39 is 11.8 Å². The van der Waals surface area contributed by atoms with Gasteiger partial charge >= 0.3 is 0 Å². The Bertz CT molecular complexity index is 1270. The first-order valence-corrected chi connectivity index (χ1v) is 10.1. The van der Waals surface area contributed by atoms with E-state index in [1.165, 1.54) is 0 Å². The number of para-hydroxylation sites is 1. The number of methoxy groups -OCH3 is 1. The first kappa shape index (κ1) is 20.0. The summed E-state index contributed by atoms with van der Waals surface area (Å²) < 4.78 is 16.0. The van der Waals surface area contributed by atoms with Crippen molar-refractivity contribution in [3.05, 3.63) is 83.0 Å². The van der Waals surface area contributed by atoms with Crippen molar-refractivity contribution >= 4 is 40.4 Å². The fourth-order valence-electron chi connectivity index (χ4n) is 3.64. The third-order valence-electron chi connectivity index (χ3n) is 5.20. The van der Waals surface area contributed by atoms with Crippen LogP contribution in [0.5, 0.6) is 17.2 Å². The number of nitrogens with one attached hydrogen (secondary N) is 1. The standard InChI is InChI=1S/C24H17ClN2O5/c1-30-16-9-6-14(7-10-16)21-22(26-15-8-11-19-20(12-15)32-13-31-19)24(29)27(23(21)28)18-5-3-2-4-17(18)25/h2-12,26H,13H2,1H3. The normalized spacial score (nSPS) is 14.9. The van der Waals surface area contributed by atoms with Crippen LogP contribution in [0, 0.1) is 0 Å². The number of ether oxygens (including phenoxy) is 3. The number of carbonyl (C=O) groups excluding carboxylic acids is 2. The highest BCUT2D eigenvalue weighted by molar-refractivity contribution is 6.48.